The van der Waals surface area contributed by atoms with Crippen LogP contribution in [0.4, 0.5) is 0 Å². The molecule has 0 aromatic heterocycles. The average Bonchev–Trinajstić information content (AvgIpc) is 2.83. The van der Waals surface area contributed by atoms with Crippen molar-refractivity contribution in [2.45, 2.75) is 50.6 Å². The van der Waals surface area contributed by atoms with Crippen LogP contribution in [-0.4, -0.2) is 17.1 Å². The van der Waals surface area contributed by atoms with Crippen molar-refractivity contribution in [2.24, 2.45) is 5.92 Å². The van der Waals surface area contributed by atoms with E-state index in [2.05, 4.69) is 29.6 Å². The lowest BCUT2D eigenvalue weighted by atomic mass is 9.85. The number of rotatable bonds is 3. The zero-order chi connectivity index (χ0) is 13.2. The van der Waals surface area contributed by atoms with E-state index in [0.717, 1.165) is 38.5 Å². The maximum atomic E-state index is 11.1. The van der Waals surface area contributed by atoms with Gasteiger partial charge in [-0.05, 0) is 43.2 Å². The van der Waals surface area contributed by atoms with Crippen LogP contribution in [0.15, 0.2) is 24.3 Å². The van der Waals surface area contributed by atoms with Gasteiger partial charge in [0.25, 0.3) is 0 Å². The second-order valence-corrected chi connectivity index (χ2v) is 5.86. The third-order valence-corrected chi connectivity index (χ3v) is 4.59. The first-order valence-corrected chi connectivity index (χ1v) is 7.30. The predicted molar refractivity (Wildman–Crippen MR) is 74.0 cm³/mol. The first-order chi connectivity index (χ1) is 9.24. The number of hydrogen-bond acceptors (Lipinski definition) is 2. The summed E-state index contributed by atoms with van der Waals surface area (Å²) >= 11 is 0. The molecule has 1 saturated carbocycles. The Kier molecular flexibility index (Phi) is 3.56. The molecule has 1 fully saturated rings. The molecule has 3 atom stereocenters. The van der Waals surface area contributed by atoms with E-state index in [1.165, 1.54) is 11.1 Å². The molecule has 3 heteroatoms. The summed E-state index contributed by atoms with van der Waals surface area (Å²) in [5, 5.41) is 12.8. The fourth-order valence-electron chi connectivity index (χ4n) is 3.58. The lowest BCUT2D eigenvalue weighted by Gasteiger charge is -2.30. The maximum absolute atomic E-state index is 11.1. The molecule has 3 nitrogen and oxygen atoms in total. The standard InChI is InChI=1S/C16H21NO2/c18-16(19)12-5-3-6-13(10-12)17-15-9-8-11-4-1-2-7-14(11)15/h1-2,4,7,12-13,15,17H,3,5-6,8-10H2,(H,18,19). The third kappa shape index (κ3) is 2.66. The minimum absolute atomic E-state index is 0.150. The molecule has 0 heterocycles. The van der Waals surface area contributed by atoms with Crippen LogP contribution in [0.25, 0.3) is 0 Å². The van der Waals surface area contributed by atoms with Crippen LogP contribution in [0.3, 0.4) is 0 Å². The average molecular weight is 259 g/mol. The Morgan fingerprint density at radius 3 is 2.89 bits per heavy atom. The van der Waals surface area contributed by atoms with Gasteiger partial charge in [-0.25, -0.2) is 0 Å². The van der Waals surface area contributed by atoms with E-state index in [1.807, 2.05) is 0 Å². The number of carboxylic acid groups (broad SMARTS) is 1. The van der Waals surface area contributed by atoms with Crippen molar-refractivity contribution < 1.29 is 9.90 Å². The SMILES string of the molecule is O=C(O)C1CCCC(NC2CCc3ccccc32)C1. The fraction of sp³-hybridized carbons (Fsp3) is 0.562. The Hall–Kier alpha value is -1.35. The first kappa shape index (κ1) is 12.7. The molecule has 1 aromatic rings. The van der Waals surface area contributed by atoms with Crippen LogP contribution >= 0.6 is 0 Å². The predicted octanol–water partition coefficient (Wildman–Crippen LogP) is 2.91. The van der Waals surface area contributed by atoms with Gasteiger partial charge in [-0.3, -0.25) is 4.79 Å². The van der Waals surface area contributed by atoms with Crippen molar-refractivity contribution in [3.05, 3.63) is 35.4 Å². The number of carboxylic acids is 1. The highest BCUT2D eigenvalue weighted by Gasteiger charge is 2.30. The summed E-state index contributed by atoms with van der Waals surface area (Å²) in [6.45, 7) is 0. The van der Waals surface area contributed by atoms with Crippen LogP contribution in [0.2, 0.25) is 0 Å². The van der Waals surface area contributed by atoms with Gasteiger partial charge in [0.15, 0.2) is 0 Å². The van der Waals surface area contributed by atoms with Crippen LogP contribution in [0.1, 0.15) is 49.3 Å². The lowest BCUT2D eigenvalue weighted by molar-refractivity contribution is -0.143. The van der Waals surface area contributed by atoms with Gasteiger partial charge in [-0.1, -0.05) is 30.7 Å². The molecule has 0 spiro atoms. The molecule has 3 unspecified atom stereocenters. The van der Waals surface area contributed by atoms with Crippen molar-refractivity contribution in [2.75, 3.05) is 0 Å². The highest BCUT2D eigenvalue weighted by molar-refractivity contribution is 5.70. The molecule has 3 rings (SSSR count). The summed E-state index contributed by atoms with van der Waals surface area (Å²) < 4.78 is 0. The van der Waals surface area contributed by atoms with Gasteiger partial charge in [-0.15, -0.1) is 0 Å². The second-order valence-electron chi connectivity index (χ2n) is 5.86. The van der Waals surface area contributed by atoms with E-state index >= 15 is 0 Å². The molecular formula is C16H21NO2. The summed E-state index contributed by atoms with van der Waals surface area (Å²) in [6.07, 6.45) is 6.06. The molecule has 0 aliphatic heterocycles. The molecule has 0 saturated heterocycles. The van der Waals surface area contributed by atoms with Crippen LogP contribution < -0.4 is 5.32 Å². The van der Waals surface area contributed by atoms with E-state index in [4.69, 9.17) is 5.11 Å². The highest BCUT2D eigenvalue weighted by atomic mass is 16.4. The van der Waals surface area contributed by atoms with Crippen molar-refractivity contribution in [1.29, 1.82) is 0 Å². The van der Waals surface area contributed by atoms with E-state index in [-0.39, 0.29) is 5.92 Å². The maximum Gasteiger partial charge on any atom is 0.306 e. The van der Waals surface area contributed by atoms with Crippen molar-refractivity contribution in [3.8, 4) is 0 Å². The Balaban J connectivity index is 1.65. The molecule has 102 valence electrons. The monoisotopic (exact) mass is 259 g/mol. The zero-order valence-electron chi connectivity index (χ0n) is 11.1. The molecule has 1 aromatic carbocycles. The van der Waals surface area contributed by atoms with Crippen LogP contribution in [0.5, 0.6) is 0 Å². The molecule has 0 bridgehead atoms. The van der Waals surface area contributed by atoms with Crippen LogP contribution in [0, 0.1) is 5.92 Å². The van der Waals surface area contributed by atoms with Gasteiger partial charge < -0.3 is 10.4 Å². The van der Waals surface area contributed by atoms with Gasteiger partial charge in [0.2, 0.25) is 0 Å². The zero-order valence-corrected chi connectivity index (χ0v) is 11.1. The second kappa shape index (κ2) is 5.33. The number of fused-ring (bicyclic) bond motifs is 1. The van der Waals surface area contributed by atoms with Crippen molar-refractivity contribution >= 4 is 5.97 Å². The Morgan fingerprint density at radius 2 is 2.05 bits per heavy atom. The topological polar surface area (TPSA) is 49.3 Å². The van der Waals surface area contributed by atoms with Gasteiger partial charge in [0.1, 0.15) is 0 Å². The van der Waals surface area contributed by atoms with Gasteiger partial charge >= 0.3 is 5.97 Å². The summed E-state index contributed by atoms with van der Waals surface area (Å²) in [5.74, 6) is -0.777. The van der Waals surface area contributed by atoms with Crippen molar-refractivity contribution in [3.63, 3.8) is 0 Å². The first-order valence-electron chi connectivity index (χ1n) is 7.30. The molecule has 19 heavy (non-hydrogen) atoms. The lowest BCUT2D eigenvalue weighted by Crippen LogP contribution is -2.38. The van der Waals surface area contributed by atoms with E-state index in [9.17, 15) is 4.79 Å². The van der Waals surface area contributed by atoms with E-state index in [0.29, 0.717) is 12.1 Å². The molecule has 2 aliphatic carbocycles. The number of nitrogens with one attached hydrogen (secondary N) is 1. The third-order valence-electron chi connectivity index (χ3n) is 4.59. The highest BCUT2D eigenvalue weighted by Crippen LogP contribution is 2.33. The van der Waals surface area contributed by atoms with Gasteiger partial charge in [-0.2, -0.15) is 0 Å². The van der Waals surface area contributed by atoms with E-state index in [1.54, 1.807) is 0 Å². The normalized spacial score (nSPS) is 30.0. The summed E-state index contributed by atoms with van der Waals surface area (Å²) in [7, 11) is 0. The number of hydrogen-bond donors (Lipinski definition) is 2. The minimum atomic E-state index is -0.627. The molecule has 2 N–H and O–H groups in total. The number of carbonyl (C=O) groups is 1. The molecule has 2 aliphatic rings. The Morgan fingerprint density at radius 1 is 1.21 bits per heavy atom. The Labute approximate surface area is 114 Å². The van der Waals surface area contributed by atoms with Crippen LogP contribution in [-0.2, 0) is 11.2 Å². The largest absolute Gasteiger partial charge is 0.481 e. The van der Waals surface area contributed by atoms with Crippen molar-refractivity contribution in [1.82, 2.24) is 5.32 Å². The van der Waals surface area contributed by atoms with E-state index < -0.39 is 5.97 Å². The van der Waals surface area contributed by atoms with Gasteiger partial charge in [0.05, 0.1) is 5.92 Å². The molecular weight excluding hydrogens is 238 g/mol. The minimum Gasteiger partial charge on any atom is -0.481 e. The smallest absolute Gasteiger partial charge is 0.306 e. The molecule has 0 amide bonds. The summed E-state index contributed by atoms with van der Waals surface area (Å²) in [5.41, 5.74) is 2.87. The summed E-state index contributed by atoms with van der Waals surface area (Å²) in [6, 6.07) is 9.40. The number of aliphatic carboxylic acids is 1. The summed E-state index contributed by atoms with van der Waals surface area (Å²) in [4.78, 5) is 11.1. The number of aryl methyl sites for hydroxylation is 1. The Bertz CT molecular complexity index is 472. The van der Waals surface area contributed by atoms with Gasteiger partial charge in [0, 0.05) is 12.1 Å². The molecule has 0 radical (unpaired) electrons. The fourth-order valence-corrected chi connectivity index (χ4v) is 3.58. The number of benzene rings is 1. The quantitative estimate of drug-likeness (QED) is 0.877.